The maximum absolute atomic E-state index is 13.7. The summed E-state index contributed by atoms with van der Waals surface area (Å²) in [7, 11) is 0. The lowest BCUT2D eigenvalue weighted by Crippen LogP contribution is -2.02. The van der Waals surface area contributed by atoms with Crippen molar-refractivity contribution in [3.63, 3.8) is 0 Å². The third-order valence-corrected chi connectivity index (χ3v) is 2.40. The third-order valence-electron chi connectivity index (χ3n) is 2.40. The highest BCUT2D eigenvalue weighted by Crippen LogP contribution is 2.35. The van der Waals surface area contributed by atoms with Gasteiger partial charge in [0.25, 0.3) is 0 Å². The van der Waals surface area contributed by atoms with Crippen LogP contribution in [0, 0.1) is 5.82 Å². The van der Waals surface area contributed by atoms with Gasteiger partial charge in [-0.1, -0.05) is 0 Å². The lowest BCUT2D eigenvalue weighted by molar-refractivity contribution is -0.152. The Labute approximate surface area is 106 Å². The van der Waals surface area contributed by atoms with Gasteiger partial charge in [-0.25, -0.2) is 4.39 Å². The minimum atomic E-state index is -4.58. The number of rotatable bonds is 3. The summed E-state index contributed by atoms with van der Waals surface area (Å²) in [5.74, 6) is -1.72. The summed E-state index contributed by atoms with van der Waals surface area (Å²) in [5.41, 5.74) is -0.0426. The summed E-state index contributed by atoms with van der Waals surface area (Å²) in [6.07, 6.45) is -4.58. The van der Waals surface area contributed by atoms with Crippen LogP contribution in [-0.2, 0) is 6.18 Å². The zero-order valence-corrected chi connectivity index (χ0v) is 9.92. The molecule has 1 heterocycles. The number of alkyl halides is 3. The molecule has 0 atom stereocenters. The van der Waals surface area contributed by atoms with Crippen molar-refractivity contribution in [2.24, 2.45) is 0 Å². The van der Waals surface area contributed by atoms with E-state index >= 15 is 0 Å². The number of ether oxygens (including phenoxy) is 1. The van der Waals surface area contributed by atoms with Crippen LogP contribution in [0.3, 0.4) is 0 Å². The Morgan fingerprint density at radius 2 is 1.89 bits per heavy atom. The molecule has 0 unspecified atom stereocenters. The molecule has 0 aliphatic carbocycles. The monoisotopic (exact) mass is 274 g/mol. The van der Waals surface area contributed by atoms with E-state index in [1.54, 1.807) is 6.92 Å². The molecule has 0 radical (unpaired) electrons. The molecule has 0 saturated heterocycles. The summed E-state index contributed by atoms with van der Waals surface area (Å²) in [6.45, 7) is 2.12. The molecule has 6 heteroatoms. The maximum Gasteiger partial charge on any atom is 0.449 e. The number of benzene rings is 1. The first-order valence-electron chi connectivity index (χ1n) is 5.51. The Hall–Kier alpha value is -1.98. The van der Waals surface area contributed by atoms with Crippen molar-refractivity contribution >= 4 is 0 Å². The van der Waals surface area contributed by atoms with E-state index in [0.717, 1.165) is 18.2 Å². The van der Waals surface area contributed by atoms with E-state index in [-0.39, 0.29) is 11.3 Å². The van der Waals surface area contributed by atoms with Gasteiger partial charge in [-0.3, -0.25) is 0 Å². The summed E-state index contributed by atoms with van der Waals surface area (Å²) in [5, 5.41) is 0. The van der Waals surface area contributed by atoms with Crippen LogP contribution in [0.4, 0.5) is 17.6 Å². The molecule has 0 saturated carbocycles. The second-order valence-electron chi connectivity index (χ2n) is 3.74. The largest absolute Gasteiger partial charge is 0.494 e. The van der Waals surface area contributed by atoms with Crippen molar-refractivity contribution in [2.75, 3.05) is 6.61 Å². The van der Waals surface area contributed by atoms with E-state index < -0.39 is 17.8 Å². The van der Waals surface area contributed by atoms with Gasteiger partial charge in [0.05, 0.1) is 12.2 Å². The molecule has 0 amide bonds. The van der Waals surface area contributed by atoms with Crippen LogP contribution in [0.2, 0.25) is 0 Å². The van der Waals surface area contributed by atoms with E-state index in [0.29, 0.717) is 12.4 Å². The molecule has 1 aromatic carbocycles. The van der Waals surface area contributed by atoms with Gasteiger partial charge in [0, 0.05) is 6.07 Å². The molecular weight excluding hydrogens is 264 g/mol. The molecule has 2 rings (SSSR count). The molecule has 2 aromatic rings. The van der Waals surface area contributed by atoms with Crippen LogP contribution in [0.5, 0.6) is 5.75 Å². The van der Waals surface area contributed by atoms with E-state index in [1.165, 1.54) is 12.1 Å². The van der Waals surface area contributed by atoms with Crippen molar-refractivity contribution in [1.82, 2.24) is 0 Å². The van der Waals surface area contributed by atoms with Gasteiger partial charge in [0.2, 0.25) is 5.76 Å². The first-order valence-corrected chi connectivity index (χ1v) is 5.51. The molecule has 2 nitrogen and oxygen atoms in total. The molecular formula is C13H10F4O2. The first kappa shape index (κ1) is 13.5. The molecule has 0 fully saturated rings. The molecule has 0 aliphatic heterocycles. The Bertz CT molecular complexity index is 572. The van der Waals surface area contributed by atoms with Gasteiger partial charge in [-0.15, -0.1) is 0 Å². The van der Waals surface area contributed by atoms with Crippen LogP contribution < -0.4 is 4.74 Å². The molecule has 1 aromatic heterocycles. The van der Waals surface area contributed by atoms with Gasteiger partial charge >= 0.3 is 6.18 Å². The van der Waals surface area contributed by atoms with Crippen LogP contribution in [0.15, 0.2) is 34.7 Å². The summed E-state index contributed by atoms with van der Waals surface area (Å²) in [4.78, 5) is 0. The predicted octanol–water partition coefficient (Wildman–Crippen LogP) is 4.50. The molecule has 0 aliphatic rings. The highest BCUT2D eigenvalue weighted by molar-refractivity contribution is 5.59. The van der Waals surface area contributed by atoms with Crippen LogP contribution in [-0.4, -0.2) is 6.61 Å². The molecule has 0 bridgehead atoms. The van der Waals surface area contributed by atoms with Gasteiger partial charge < -0.3 is 9.15 Å². The zero-order valence-electron chi connectivity index (χ0n) is 9.92. The van der Waals surface area contributed by atoms with E-state index in [9.17, 15) is 17.6 Å². The highest BCUT2D eigenvalue weighted by atomic mass is 19.4. The smallest absolute Gasteiger partial charge is 0.449 e. The Balaban J connectivity index is 2.34. The van der Waals surface area contributed by atoms with Gasteiger partial charge in [-0.05, 0) is 31.2 Å². The van der Waals surface area contributed by atoms with E-state index in [1.807, 2.05) is 0 Å². The number of halogens is 4. The molecule has 102 valence electrons. The normalized spacial score (nSPS) is 11.6. The van der Waals surface area contributed by atoms with Crippen molar-refractivity contribution in [3.05, 3.63) is 41.9 Å². The Morgan fingerprint density at radius 1 is 1.16 bits per heavy atom. The van der Waals surface area contributed by atoms with Crippen LogP contribution in [0.1, 0.15) is 12.7 Å². The second-order valence-corrected chi connectivity index (χ2v) is 3.74. The van der Waals surface area contributed by atoms with Crippen molar-refractivity contribution < 1.29 is 26.7 Å². The molecule has 0 spiro atoms. The van der Waals surface area contributed by atoms with E-state index in [2.05, 4.69) is 4.42 Å². The summed E-state index contributed by atoms with van der Waals surface area (Å²) >= 11 is 0. The van der Waals surface area contributed by atoms with Crippen LogP contribution in [0.25, 0.3) is 11.3 Å². The number of hydrogen-bond acceptors (Lipinski definition) is 2. The second kappa shape index (κ2) is 4.95. The average molecular weight is 274 g/mol. The summed E-state index contributed by atoms with van der Waals surface area (Å²) in [6, 6.07) is 5.75. The highest BCUT2D eigenvalue weighted by Gasteiger charge is 2.35. The zero-order chi connectivity index (χ0) is 14.0. The van der Waals surface area contributed by atoms with Crippen LogP contribution >= 0.6 is 0 Å². The standard InChI is InChI=1S/C13H10F4O2/c1-2-18-8-3-4-9(10(14)7-8)11-5-6-12(19-11)13(15,16)17/h3-7H,2H2,1H3. The van der Waals surface area contributed by atoms with E-state index in [4.69, 9.17) is 4.74 Å². The lowest BCUT2D eigenvalue weighted by atomic mass is 10.1. The fourth-order valence-electron chi connectivity index (χ4n) is 1.59. The number of furan rings is 1. The average Bonchev–Trinajstić information content (AvgIpc) is 2.78. The van der Waals surface area contributed by atoms with Crippen molar-refractivity contribution in [3.8, 4) is 17.1 Å². The lowest BCUT2D eigenvalue weighted by Gasteiger charge is -2.05. The maximum atomic E-state index is 13.7. The fourth-order valence-corrected chi connectivity index (χ4v) is 1.59. The van der Waals surface area contributed by atoms with Gasteiger partial charge in [0.15, 0.2) is 0 Å². The Morgan fingerprint density at radius 3 is 2.42 bits per heavy atom. The molecule has 19 heavy (non-hydrogen) atoms. The molecule has 0 N–H and O–H groups in total. The first-order chi connectivity index (χ1) is 8.91. The predicted molar refractivity (Wildman–Crippen MR) is 60.3 cm³/mol. The SMILES string of the molecule is CCOc1ccc(-c2ccc(C(F)(F)F)o2)c(F)c1. The topological polar surface area (TPSA) is 22.4 Å². The minimum absolute atomic E-state index is 0.0426. The number of hydrogen-bond donors (Lipinski definition) is 0. The van der Waals surface area contributed by atoms with Crippen molar-refractivity contribution in [1.29, 1.82) is 0 Å². The Kier molecular flexibility index (Phi) is 3.50. The minimum Gasteiger partial charge on any atom is -0.494 e. The van der Waals surface area contributed by atoms with Crippen molar-refractivity contribution in [2.45, 2.75) is 13.1 Å². The summed E-state index contributed by atoms with van der Waals surface area (Å²) < 4.78 is 60.6. The van der Waals surface area contributed by atoms with Gasteiger partial charge in [-0.2, -0.15) is 13.2 Å². The van der Waals surface area contributed by atoms with Gasteiger partial charge in [0.1, 0.15) is 17.3 Å². The third kappa shape index (κ3) is 2.89. The quantitative estimate of drug-likeness (QED) is 0.769. The fraction of sp³-hybridized carbons (Fsp3) is 0.231.